The molecule has 5 nitrogen and oxygen atoms in total. The van der Waals surface area contributed by atoms with Crippen molar-refractivity contribution in [2.24, 2.45) is 4.99 Å². The van der Waals surface area contributed by atoms with Gasteiger partial charge in [-0.2, -0.15) is 11.8 Å². The molecule has 6 heteroatoms. The van der Waals surface area contributed by atoms with Crippen molar-refractivity contribution in [2.75, 3.05) is 23.5 Å². The zero-order chi connectivity index (χ0) is 16.3. The van der Waals surface area contributed by atoms with Gasteiger partial charge in [0.25, 0.3) is 5.91 Å². The lowest BCUT2D eigenvalue weighted by Crippen LogP contribution is -2.42. The monoisotopic (exact) mass is 320 g/mol. The second kappa shape index (κ2) is 6.96. The first kappa shape index (κ1) is 16.5. The number of benzene rings is 1. The minimum absolute atomic E-state index is 0.219. The molecular formula is C16H20N2O3S. The SMILES string of the molecule is CCOC(=O)N1C(=O)C(C)N=C(CSC)c2cccc(C)c21. The molecule has 0 spiro atoms. The van der Waals surface area contributed by atoms with Crippen molar-refractivity contribution in [2.45, 2.75) is 26.8 Å². The molecule has 1 aromatic carbocycles. The number of aliphatic imine (C=N–C) groups is 1. The van der Waals surface area contributed by atoms with Gasteiger partial charge in [-0.05, 0) is 32.6 Å². The van der Waals surface area contributed by atoms with Gasteiger partial charge < -0.3 is 4.74 Å². The Morgan fingerprint density at radius 3 is 2.82 bits per heavy atom. The molecule has 1 atom stereocenters. The van der Waals surface area contributed by atoms with Gasteiger partial charge in [0.2, 0.25) is 0 Å². The molecule has 0 aliphatic carbocycles. The van der Waals surface area contributed by atoms with E-state index in [1.54, 1.807) is 25.6 Å². The number of thioether (sulfide) groups is 1. The minimum atomic E-state index is -0.643. The van der Waals surface area contributed by atoms with E-state index in [9.17, 15) is 9.59 Å². The number of carbonyl (C=O) groups excluding carboxylic acids is 2. The first-order valence-electron chi connectivity index (χ1n) is 7.17. The van der Waals surface area contributed by atoms with E-state index < -0.39 is 12.1 Å². The van der Waals surface area contributed by atoms with Crippen LogP contribution in [-0.4, -0.2) is 42.4 Å². The summed E-state index contributed by atoms with van der Waals surface area (Å²) in [6.07, 6.45) is 1.34. The van der Waals surface area contributed by atoms with E-state index in [2.05, 4.69) is 4.99 Å². The fourth-order valence-electron chi connectivity index (χ4n) is 2.47. The molecule has 0 bridgehead atoms. The quantitative estimate of drug-likeness (QED) is 0.859. The van der Waals surface area contributed by atoms with Crippen molar-refractivity contribution in [1.29, 1.82) is 0 Å². The van der Waals surface area contributed by atoms with Crippen LogP contribution in [0.2, 0.25) is 0 Å². The van der Waals surface area contributed by atoms with Crippen molar-refractivity contribution in [3.05, 3.63) is 29.3 Å². The predicted octanol–water partition coefficient (Wildman–Crippen LogP) is 3.04. The molecule has 1 heterocycles. The highest BCUT2D eigenvalue weighted by molar-refractivity contribution is 7.99. The van der Waals surface area contributed by atoms with Crippen LogP contribution in [0.5, 0.6) is 0 Å². The van der Waals surface area contributed by atoms with Gasteiger partial charge in [-0.25, -0.2) is 9.69 Å². The van der Waals surface area contributed by atoms with Crippen molar-refractivity contribution in [3.8, 4) is 0 Å². The number of carbonyl (C=O) groups is 2. The number of amides is 2. The lowest BCUT2D eigenvalue weighted by molar-refractivity contribution is -0.118. The maximum Gasteiger partial charge on any atom is 0.421 e. The third-order valence-electron chi connectivity index (χ3n) is 3.43. The van der Waals surface area contributed by atoms with Crippen LogP contribution >= 0.6 is 11.8 Å². The fraction of sp³-hybridized carbons (Fsp3) is 0.438. The Balaban J connectivity index is 2.65. The van der Waals surface area contributed by atoms with Crippen molar-refractivity contribution in [3.63, 3.8) is 0 Å². The number of aryl methyl sites for hydroxylation is 1. The van der Waals surface area contributed by atoms with Gasteiger partial charge >= 0.3 is 6.09 Å². The normalized spacial score (nSPS) is 17.6. The lowest BCUT2D eigenvalue weighted by Gasteiger charge is -2.23. The van der Waals surface area contributed by atoms with Crippen LogP contribution in [0.15, 0.2) is 23.2 Å². The molecule has 1 aromatic rings. The number of ether oxygens (including phenoxy) is 1. The van der Waals surface area contributed by atoms with Gasteiger partial charge in [0.1, 0.15) is 6.04 Å². The molecule has 0 saturated heterocycles. The molecule has 0 fully saturated rings. The van der Waals surface area contributed by atoms with Gasteiger partial charge in [0.15, 0.2) is 0 Å². The Morgan fingerprint density at radius 1 is 1.45 bits per heavy atom. The molecular weight excluding hydrogens is 300 g/mol. The van der Waals surface area contributed by atoms with Crippen LogP contribution < -0.4 is 4.90 Å². The summed E-state index contributed by atoms with van der Waals surface area (Å²) in [5.74, 6) is 0.329. The zero-order valence-electron chi connectivity index (χ0n) is 13.3. The highest BCUT2D eigenvalue weighted by atomic mass is 32.2. The first-order valence-corrected chi connectivity index (χ1v) is 8.57. The highest BCUT2D eigenvalue weighted by Crippen LogP contribution is 2.31. The summed E-state index contributed by atoms with van der Waals surface area (Å²) in [7, 11) is 0. The fourth-order valence-corrected chi connectivity index (χ4v) is 2.97. The summed E-state index contributed by atoms with van der Waals surface area (Å²) in [5.41, 5.74) is 3.09. The summed E-state index contributed by atoms with van der Waals surface area (Å²) in [5, 5.41) is 0. The van der Waals surface area contributed by atoms with Crippen molar-refractivity contribution < 1.29 is 14.3 Å². The number of para-hydroxylation sites is 1. The Bertz CT molecular complexity index is 628. The minimum Gasteiger partial charge on any atom is -0.449 e. The van der Waals surface area contributed by atoms with E-state index in [0.29, 0.717) is 11.4 Å². The predicted molar refractivity (Wildman–Crippen MR) is 90.1 cm³/mol. The number of rotatable bonds is 3. The molecule has 0 aromatic heterocycles. The maximum absolute atomic E-state index is 12.6. The Kier molecular flexibility index (Phi) is 5.24. The van der Waals surface area contributed by atoms with Crippen LogP contribution in [-0.2, 0) is 9.53 Å². The summed E-state index contributed by atoms with van der Waals surface area (Å²) in [4.78, 5) is 30.6. The molecule has 1 aliphatic rings. The van der Waals surface area contributed by atoms with E-state index in [-0.39, 0.29) is 12.5 Å². The van der Waals surface area contributed by atoms with E-state index in [1.165, 1.54) is 0 Å². The van der Waals surface area contributed by atoms with Gasteiger partial charge in [0.05, 0.1) is 18.0 Å². The van der Waals surface area contributed by atoms with Gasteiger partial charge in [0, 0.05) is 11.3 Å². The average Bonchev–Trinajstić information content (AvgIpc) is 2.58. The van der Waals surface area contributed by atoms with E-state index in [0.717, 1.165) is 21.7 Å². The third kappa shape index (κ3) is 3.02. The van der Waals surface area contributed by atoms with Crippen molar-refractivity contribution in [1.82, 2.24) is 0 Å². The molecule has 2 amide bonds. The average molecular weight is 320 g/mol. The molecule has 1 unspecified atom stereocenters. The largest absolute Gasteiger partial charge is 0.449 e. The molecule has 0 N–H and O–H groups in total. The number of fused-ring (bicyclic) bond motifs is 1. The number of nitrogens with zero attached hydrogens (tertiary/aromatic N) is 2. The van der Waals surface area contributed by atoms with Crippen LogP contribution in [0.4, 0.5) is 10.5 Å². The van der Waals surface area contributed by atoms with Crippen LogP contribution in [0.3, 0.4) is 0 Å². The topological polar surface area (TPSA) is 59.0 Å². The van der Waals surface area contributed by atoms with Crippen LogP contribution in [0, 0.1) is 6.92 Å². The summed E-state index contributed by atoms with van der Waals surface area (Å²) < 4.78 is 5.07. The summed E-state index contributed by atoms with van der Waals surface area (Å²) in [6.45, 7) is 5.52. The smallest absolute Gasteiger partial charge is 0.421 e. The molecule has 22 heavy (non-hydrogen) atoms. The number of anilines is 1. The standard InChI is InChI=1S/C16H20N2O3S/c1-5-21-16(20)18-14-10(2)7-6-8-12(14)13(9-22-4)17-11(3)15(18)19/h6-8,11H,5,9H2,1-4H3. The van der Waals surface area contributed by atoms with E-state index in [4.69, 9.17) is 4.74 Å². The number of benzodiazepines with no additional fused rings is 1. The molecule has 2 rings (SSSR count). The molecule has 118 valence electrons. The van der Waals surface area contributed by atoms with Gasteiger partial charge in [-0.3, -0.25) is 9.79 Å². The summed E-state index contributed by atoms with van der Waals surface area (Å²) >= 11 is 1.63. The van der Waals surface area contributed by atoms with Crippen LogP contribution in [0.1, 0.15) is 25.0 Å². The zero-order valence-corrected chi connectivity index (χ0v) is 14.1. The van der Waals surface area contributed by atoms with E-state index >= 15 is 0 Å². The van der Waals surface area contributed by atoms with E-state index in [1.807, 2.05) is 31.4 Å². The number of hydrogen-bond donors (Lipinski definition) is 0. The molecule has 0 saturated carbocycles. The van der Waals surface area contributed by atoms with Gasteiger partial charge in [-0.15, -0.1) is 0 Å². The Morgan fingerprint density at radius 2 is 2.18 bits per heavy atom. The third-order valence-corrected chi connectivity index (χ3v) is 3.99. The first-order chi connectivity index (χ1) is 10.5. The molecule has 0 radical (unpaired) electrons. The van der Waals surface area contributed by atoms with Crippen LogP contribution in [0.25, 0.3) is 0 Å². The number of hydrogen-bond acceptors (Lipinski definition) is 5. The Hall–Kier alpha value is -1.82. The number of imide groups is 1. The summed E-state index contributed by atoms with van der Waals surface area (Å²) in [6, 6.07) is 5.08. The Labute approximate surface area is 134 Å². The maximum atomic E-state index is 12.6. The van der Waals surface area contributed by atoms with Crippen molar-refractivity contribution >= 4 is 35.2 Å². The molecule has 1 aliphatic heterocycles. The van der Waals surface area contributed by atoms with Gasteiger partial charge in [-0.1, -0.05) is 18.2 Å². The lowest BCUT2D eigenvalue weighted by atomic mass is 10.0. The highest BCUT2D eigenvalue weighted by Gasteiger charge is 2.35. The second-order valence-electron chi connectivity index (χ2n) is 5.03. The second-order valence-corrected chi connectivity index (χ2v) is 5.89.